The normalized spacial score (nSPS) is 10.8. The molecule has 4 aromatic rings. The molecule has 0 saturated carbocycles. The van der Waals surface area contributed by atoms with Crippen LogP contribution in [-0.4, -0.2) is 11.9 Å². The molecule has 0 unspecified atom stereocenters. The standard InChI is InChI=1S/C26H22O5/c1-17(27)29-15-21-11-3-7-19-9-5-13-23(25(19)21)31-24-14-6-10-20-8-4-12-22(26(20)24)16-30-18(2)28/h3-14H,15-16H2,1-2H3. The van der Waals surface area contributed by atoms with Gasteiger partial charge in [0.1, 0.15) is 24.7 Å². The van der Waals surface area contributed by atoms with E-state index in [1.54, 1.807) is 0 Å². The zero-order valence-electron chi connectivity index (χ0n) is 17.4. The molecule has 0 fully saturated rings. The highest BCUT2D eigenvalue weighted by atomic mass is 16.5. The number of fused-ring (bicyclic) bond motifs is 2. The van der Waals surface area contributed by atoms with E-state index in [-0.39, 0.29) is 25.2 Å². The smallest absolute Gasteiger partial charge is 0.302 e. The Morgan fingerprint density at radius 2 is 1.00 bits per heavy atom. The maximum atomic E-state index is 11.3. The molecule has 0 bridgehead atoms. The van der Waals surface area contributed by atoms with Gasteiger partial charge >= 0.3 is 11.9 Å². The Kier molecular flexibility index (Phi) is 5.85. The highest BCUT2D eigenvalue weighted by Crippen LogP contribution is 2.37. The summed E-state index contributed by atoms with van der Waals surface area (Å²) in [4.78, 5) is 22.7. The number of hydrogen-bond donors (Lipinski definition) is 0. The Morgan fingerprint density at radius 3 is 1.39 bits per heavy atom. The van der Waals surface area contributed by atoms with Crippen LogP contribution in [0.15, 0.2) is 72.8 Å². The van der Waals surface area contributed by atoms with Gasteiger partial charge < -0.3 is 14.2 Å². The Labute approximate surface area is 180 Å². The quantitative estimate of drug-likeness (QED) is 0.367. The molecule has 0 aliphatic heterocycles. The van der Waals surface area contributed by atoms with Crippen LogP contribution in [0, 0.1) is 0 Å². The molecule has 0 atom stereocenters. The topological polar surface area (TPSA) is 61.8 Å². The Morgan fingerprint density at radius 1 is 0.613 bits per heavy atom. The van der Waals surface area contributed by atoms with Gasteiger partial charge in [0.2, 0.25) is 0 Å². The summed E-state index contributed by atoms with van der Waals surface area (Å²) in [5.74, 6) is 0.657. The SMILES string of the molecule is CC(=O)OCc1cccc2cccc(Oc3cccc4cccc(COC(C)=O)c34)c12. The van der Waals surface area contributed by atoms with Crippen LogP contribution in [-0.2, 0) is 32.3 Å². The molecule has 0 saturated heterocycles. The minimum absolute atomic E-state index is 0.167. The van der Waals surface area contributed by atoms with E-state index in [1.165, 1.54) is 13.8 Å². The van der Waals surface area contributed by atoms with Crippen molar-refractivity contribution in [3.05, 3.63) is 83.9 Å². The van der Waals surface area contributed by atoms with Crippen molar-refractivity contribution in [2.75, 3.05) is 0 Å². The number of hydrogen-bond acceptors (Lipinski definition) is 5. The minimum atomic E-state index is -0.334. The average Bonchev–Trinajstić information content (AvgIpc) is 2.76. The molecule has 0 radical (unpaired) electrons. The van der Waals surface area contributed by atoms with E-state index in [9.17, 15) is 9.59 Å². The Balaban J connectivity index is 1.81. The molecule has 0 N–H and O–H groups in total. The van der Waals surface area contributed by atoms with Gasteiger partial charge in [0.25, 0.3) is 0 Å². The zero-order chi connectivity index (χ0) is 21.8. The Bertz CT molecular complexity index is 1170. The first kappa shape index (κ1) is 20.4. The molecule has 5 heteroatoms. The lowest BCUT2D eigenvalue weighted by molar-refractivity contribution is -0.143. The molecule has 0 spiro atoms. The van der Waals surface area contributed by atoms with Crippen molar-refractivity contribution in [3.63, 3.8) is 0 Å². The molecule has 5 nitrogen and oxygen atoms in total. The van der Waals surface area contributed by atoms with E-state index in [0.29, 0.717) is 11.5 Å². The molecule has 0 aliphatic rings. The molecule has 31 heavy (non-hydrogen) atoms. The van der Waals surface area contributed by atoms with Gasteiger partial charge in [-0.3, -0.25) is 9.59 Å². The van der Waals surface area contributed by atoms with E-state index in [1.807, 2.05) is 72.8 Å². The predicted octanol–water partition coefficient (Wildman–Crippen LogP) is 5.91. The second-order valence-electron chi connectivity index (χ2n) is 7.21. The van der Waals surface area contributed by atoms with Crippen LogP contribution in [0.1, 0.15) is 25.0 Å². The van der Waals surface area contributed by atoms with Crippen LogP contribution in [0.3, 0.4) is 0 Å². The summed E-state index contributed by atoms with van der Waals surface area (Å²) < 4.78 is 16.9. The van der Waals surface area contributed by atoms with E-state index in [4.69, 9.17) is 14.2 Å². The third-order valence-corrected chi connectivity index (χ3v) is 4.99. The maximum absolute atomic E-state index is 11.3. The van der Waals surface area contributed by atoms with Crippen molar-refractivity contribution in [2.45, 2.75) is 27.1 Å². The van der Waals surface area contributed by atoms with Gasteiger partial charge in [-0.15, -0.1) is 0 Å². The van der Waals surface area contributed by atoms with Crippen molar-refractivity contribution in [1.82, 2.24) is 0 Å². The van der Waals surface area contributed by atoms with E-state index in [2.05, 4.69) is 0 Å². The molecule has 4 aromatic carbocycles. The third kappa shape index (κ3) is 4.51. The van der Waals surface area contributed by atoms with Gasteiger partial charge in [-0.1, -0.05) is 60.7 Å². The number of ether oxygens (including phenoxy) is 3. The summed E-state index contributed by atoms with van der Waals surface area (Å²) in [7, 11) is 0. The number of carbonyl (C=O) groups is 2. The van der Waals surface area contributed by atoms with Gasteiger partial charge in [0.05, 0.1) is 0 Å². The lowest BCUT2D eigenvalue weighted by Gasteiger charge is -2.16. The van der Waals surface area contributed by atoms with Gasteiger partial charge in [0.15, 0.2) is 0 Å². The average molecular weight is 414 g/mol. The molecular weight excluding hydrogens is 392 g/mol. The van der Waals surface area contributed by atoms with Crippen molar-refractivity contribution in [3.8, 4) is 11.5 Å². The summed E-state index contributed by atoms with van der Waals surface area (Å²) in [5.41, 5.74) is 1.73. The lowest BCUT2D eigenvalue weighted by Crippen LogP contribution is -2.01. The van der Waals surface area contributed by atoms with Gasteiger partial charge in [-0.25, -0.2) is 0 Å². The number of esters is 2. The van der Waals surface area contributed by atoms with E-state index < -0.39 is 0 Å². The van der Waals surface area contributed by atoms with Crippen molar-refractivity contribution >= 4 is 33.5 Å². The lowest BCUT2D eigenvalue weighted by atomic mass is 10.0. The molecule has 0 aromatic heterocycles. The summed E-state index contributed by atoms with van der Waals surface area (Å²) in [6, 6.07) is 23.3. The van der Waals surface area contributed by atoms with Crippen LogP contribution in [0.2, 0.25) is 0 Å². The summed E-state index contributed by atoms with van der Waals surface area (Å²) in [5, 5.41) is 3.76. The summed E-state index contributed by atoms with van der Waals surface area (Å²) in [6.45, 7) is 3.12. The van der Waals surface area contributed by atoms with E-state index in [0.717, 1.165) is 32.7 Å². The minimum Gasteiger partial charge on any atom is -0.461 e. The number of carbonyl (C=O) groups excluding carboxylic acids is 2. The fourth-order valence-corrected chi connectivity index (χ4v) is 3.65. The molecule has 0 heterocycles. The van der Waals surface area contributed by atoms with Crippen LogP contribution in [0.25, 0.3) is 21.5 Å². The van der Waals surface area contributed by atoms with Crippen molar-refractivity contribution in [2.24, 2.45) is 0 Å². The second-order valence-corrected chi connectivity index (χ2v) is 7.21. The zero-order valence-corrected chi connectivity index (χ0v) is 17.4. The van der Waals surface area contributed by atoms with Crippen LogP contribution < -0.4 is 4.74 Å². The maximum Gasteiger partial charge on any atom is 0.302 e. The van der Waals surface area contributed by atoms with Crippen molar-refractivity contribution < 1.29 is 23.8 Å². The van der Waals surface area contributed by atoms with E-state index >= 15 is 0 Å². The first-order valence-electron chi connectivity index (χ1n) is 9.99. The number of rotatable bonds is 6. The first-order valence-corrected chi connectivity index (χ1v) is 9.99. The van der Waals surface area contributed by atoms with Crippen LogP contribution >= 0.6 is 0 Å². The molecule has 0 amide bonds. The molecule has 0 aliphatic carbocycles. The van der Waals surface area contributed by atoms with Crippen LogP contribution in [0.4, 0.5) is 0 Å². The molecule has 156 valence electrons. The fraction of sp³-hybridized carbons (Fsp3) is 0.154. The van der Waals surface area contributed by atoms with Crippen molar-refractivity contribution in [1.29, 1.82) is 0 Å². The highest BCUT2D eigenvalue weighted by Gasteiger charge is 2.13. The molecular formula is C26H22O5. The second kappa shape index (κ2) is 8.88. The van der Waals surface area contributed by atoms with Gasteiger partial charge in [-0.05, 0) is 22.9 Å². The largest absolute Gasteiger partial charge is 0.461 e. The highest BCUT2D eigenvalue weighted by molar-refractivity contribution is 5.94. The third-order valence-electron chi connectivity index (χ3n) is 4.99. The molecule has 4 rings (SSSR count). The predicted molar refractivity (Wildman–Crippen MR) is 119 cm³/mol. The van der Waals surface area contributed by atoms with Crippen LogP contribution in [0.5, 0.6) is 11.5 Å². The summed E-state index contributed by atoms with van der Waals surface area (Å²) in [6.07, 6.45) is 0. The Hall–Kier alpha value is -3.86. The fourth-order valence-electron chi connectivity index (χ4n) is 3.65. The first-order chi connectivity index (χ1) is 15.0. The number of benzene rings is 4. The van der Waals surface area contributed by atoms with Gasteiger partial charge in [0, 0.05) is 35.7 Å². The summed E-state index contributed by atoms with van der Waals surface area (Å²) >= 11 is 0. The monoisotopic (exact) mass is 414 g/mol. The van der Waals surface area contributed by atoms with Gasteiger partial charge in [-0.2, -0.15) is 0 Å².